The van der Waals surface area contributed by atoms with Gasteiger partial charge in [-0.1, -0.05) is 6.92 Å². The number of nitro benzene ring substituents is 1. The number of carbonyl (C=O) groups is 2. The van der Waals surface area contributed by atoms with E-state index in [1.54, 1.807) is 33.7 Å². The Balaban J connectivity index is 1.24. The first-order valence-corrected chi connectivity index (χ1v) is 17.4. The Morgan fingerprint density at radius 1 is 1.10 bits per heavy atom. The Hall–Kier alpha value is -3.95. The summed E-state index contributed by atoms with van der Waals surface area (Å²) in [7, 11) is 2.91. The van der Waals surface area contributed by atoms with Crippen LogP contribution in [0.15, 0.2) is 24.3 Å². The van der Waals surface area contributed by atoms with Crippen molar-refractivity contribution in [3.8, 4) is 23.0 Å². The fourth-order valence-corrected chi connectivity index (χ4v) is 7.59. The maximum atomic E-state index is 13.7. The molecule has 2 amide bonds. The van der Waals surface area contributed by atoms with Crippen LogP contribution in [0.4, 0.5) is 11.4 Å². The van der Waals surface area contributed by atoms with E-state index in [0.29, 0.717) is 61.8 Å². The Morgan fingerprint density at radius 2 is 1.81 bits per heavy atom. The number of rotatable bonds is 15. The predicted octanol–water partition coefficient (Wildman–Crippen LogP) is 4.18. The lowest BCUT2D eigenvalue weighted by Crippen LogP contribution is -2.43. The number of carbonyl (C=O) groups excluding carboxylic acids is 2. The molecule has 2 aromatic carbocycles. The minimum Gasteiger partial charge on any atom is -0.493 e. The topological polar surface area (TPSA) is 162 Å². The minimum atomic E-state index is -0.579. The molecule has 14 nitrogen and oxygen atoms in total. The van der Waals surface area contributed by atoms with Crippen molar-refractivity contribution in [1.82, 2.24) is 9.80 Å². The quantitative estimate of drug-likeness (QED) is 0.119. The molecule has 2 N–H and O–H groups in total. The highest BCUT2D eigenvalue weighted by molar-refractivity contribution is 7.99. The van der Waals surface area contributed by atoms with E-state index in [2.05, 4.69) is 5.32 Å². The van der Waals surface area contributed by atoms with Crippen LogP contribution in [0.2, 0.25) is 0 Å². The maximum Gasteiger partial charge on any atom is 0.286 e. The second-order valence-corrected chi connectivity index (χ2v) is 13.1. The number of fused-ring (bicyclic) bond motifs is 2. The van der Waals surface area contributed by atoms with E-state index in [1.165, 1.54) is 26.4 Å². The van der Waals surface area contributed by atoms with E-state index >= 15 is 0 Å². The van der Waals surface area contributed by atoms with Crippen LogP contribution in [0.1, 0.15) is 60.2 Å². The molecular formula is C33H44N4O10S. The molecular weight excluding hydrogens is 644 g/mol. The highest BCUT2D eigenvalue weighted by atomic mass is 32.2. The summed E-state index contributed by atoms with van der Waals surface area (Å²) in [5.41, 5.74) is 0.439. The van der Waals surface area contributed by atoms with Gasteiger partial charge in [-0.05, 0) is 38.0 Å². The zero-order valence-electron chi connectivity index (χ0n) is 27.8. The average molecular weight is 689 g/mol. The Kier molecular flexibility index (Phi) is 11.8. The first-order chi connectivity index (χ1) is 23.2. The van der Waals surface area contributed by atoms with E-state index in [1.807, 2.05) is 13.8 Å². The molecule has 2 saturated heterocycles. The molecule has 0 bridgehead atoms. The van der Waals surface area contributed by atoms with Crippen LogP contribution in [0.5, 0.6) is 23.0 Å². The predicted molar refractivity (Wildman–Crippen MR) is 180 cm³/mol. The molecule has 3 aliphatic rings. The van der Waals surface area contributed by atoms with Crippen molar-refractivity contribution in [2.75, 3.05) is 64.7 Å². The van der Waals surface area contributed by atoms with Crippen LogP contribution in [-0.4, -0.2) is 115 Å². The molecule has 2 aromatic rings. The zero-order chi connectivity index (χ0) is 34.4. The highest BCUT2D eigenvalue weighted by Gasteiger charge is 2.39. The molecule has 0 radical (unpaired) electrons. The molecule has 0 aromatic heterocycles. The van der Waals surface area contributed by atoms with Gasteiger partial charge in [0.1, 0.15) is 11.0 Å². The van der Waals surface area contributed by atoms with Crippen molar-refractivity contribution in [2.45, 2.75) is 63.2 Å². The van der Waals surface area contributed by atoms with Gasteiger partial charge in [0, 0.05) is 44.8 Å². The van der Waals surface area contributed by atoms with Crippen molar-refractivity contribution in [3.05, 3.63) is 45.5 Å². The third kappa shape index (κ3) is 7.52. The normalized spacial score (nSPS) is 20.8. The number of thioether (sulfide) groups is 1. The molecule has 2 fully saturated rings. The van der Waals surface area contributed by atoms with Gasteiger partial charge in [-0.3, -0.25) is 19.7 Å². The van der Waals surface area contributed by atoms with E-state index in [0.717, 1.165) is 18.6 Å². The summed E-state index contributed by atoms with van der Waals surface area (Å²) >= 11 is 1.62. The van der Waals surface area contributed by atoms with Gasteiger partial charge in [0.15, 0.2) is 23.0 Å². The van der Waals surface area contributed by atoms with E-state index < -0.39 is 16.9 Å². The van der Waals surface area contributed by atoms with Crippen molar-refractivity contribution in [2.24, 2.45) is 0 Å². The summed E-state index contributed by atoms with van der Waals surface area (Å²) in [5.74, 6) is 1.40. The molecule has 48 heavy (non-hydrogen) atoms. The first kappa shape index (κ1) is 35.4. The molecule has 262 valence electrons. The average Bonchev–Trinajstić information content (AvgIpc) is 3.70. The van der Waals surface area contributed by atoms with Gasteiger partial charge in [-0.25, -0.2) is 0 Å². The van der Waals surface area contributed by atoms with Crippen molar-refractivity contribution in [3.63, 3.8) is 0 Å². The Labute approximate surface area is 284 Å². The minimum absolute atomic E-state index is 0.0600. The number of methoxy groups -OCH3 is 2. The number of benzene rings is 2. The van der Waals surface area contributed by atoms with Crippen LogP contribution in [0, 0.1) is 10.1 Å². The van der Waals surface area contributed by atoms with Gasteiger partial charge in [0.05, 0.1) is 67.9 Å². The van der Waals surface area contributed by atoms with E-state index in [4.69, 9.17) is 23.7 Å². The standard InChI is InChI=1S/C33H44N4O10S/c1-5-45-33(48-6-2)25-9-7-10-35(25)32(40)23-15-28(44-4)30(17-26(23)37(41)42)47-12-8-11-46-29-16-24-22(14-27(29)43-3)31(39)36-19-21(38)13-20(36)18-34-24/h14-17,20-21,25,33-34,38H,5-13,18-19H2,1-4H3/t20-,21+,25-,33?/m0/s1. The second kappa shape index (κ2) is 16.0. The molecule has 15 heteroatoms. The number of aliphatic hydroxyl groups excluding tert-OH is 1. The number of likely N-dealkylation sites (tertiary alicyclic amines) is 1. The fraction of sp³-hybridized carbons (Fsp3) is 0.576. The van der Waals surface area contributed by atoms with Gasteiger partial charge in [0.25, 0.3) is 17.5 Å². The van der Waals surface area contributed by atoms with Gasteiger partial charge < -0.3 is 43.9 Å². The lowest BCUT2D eigenvalue weighted by Gasteiger charge is -2.31. The largest absolute Gasteiger partial charge is 0.493 e. The van der Waals surface area contributed by atoms with Crippen molar-refractivity contribution < 1.29 is 43.3 Å². The number of nitro groups is 1. The number of amides is 2. The molecule has 3 aliphatic heterocycles. The zero-order valence-corrected chi connectivity index (χ0v) is 28.6. The lowest BCUT2D eigenvalue weighted by molar-refractivity contribution is -0.385. The SMILES string of the molecule is CCOC(SCC)[C@@H]1CCCN1C(=O)c1cc(OC)c(OCCCOc2cc3c(cc2OC)C(=O)N2C[C@H](O)C[C@H]2CN3)cc1[N+](=O)[O-]. The molecule has 0 saturated carbocycles. The Morgan fingerprint density at radius 3 is 2.48 bits per heavy atom. The first-order valence-electron chi connectivity index (χ1n) is 16.3. The van der Waals surface area contributed by atoms with Crippen molar-refractivity contribution in [1.29, 1.82) is 0 Å². The number of nitrogens with one attached hydrogen (secondary N) is 1. The molecule has 5 rings (SSSR count). The van der Waals surface area contributed by atoms with E-state index in [9.17, 15) is 24.8 Å². The summed E-state index contributed by atoms with van der Waals surface area (Å²) in [6.45, 7) is 6.10. The van der Waals surface area contributed by atoms with Crippen LogP contribution >= 0.6 is 11.8 Å². The number of nitrogens with zero attached hydrogens (tertiary/aromatic N) is 3. The van der Waals surface area contributed by atoms with Gasteiger partial charge >= 0.3 is 0 Å². The number of aliphatic hydroxyl groups is 1. The lowest BCUT2D eigenvalue weighted by atomic mass is 10.1. The van der Waals surface area contributed by atoms with Crippen LogP contribution < -0.4 is 24.3 Å². The molecule has 4 atom stereocenters. The molecule has 1 unspecified atom stereocenters. The van der Waals surface area contributed by atoms with Gasteiger partial charge in [0.2, 0.25) is 0 Å². The van der Waals surface area contributed by atoms with Crippen molar-refractivity contribution >= 4 is 35.0 Å². The van der Waals surface area contributed by atoms with Crippen LogP contribution in [0.25, 0.3) is 0 Å². The highest BCUT2D eigenvalue weighted by Crippen LogP contribution is 2.39. The monoisotopic (exact) mass is 688 g/mol. The number of anilines is 1. The number of hydrogen-bond donors (Lipinski definition) is 2. The second-order valence-electron chi connectivity index (χ2n) is 11.7. The fourth-order valence-electron chi connectivity index (χ4n) is 6.52. The van der Waals surface area contributed by atoms with Gasteiger partial charge in [-0.15, -0.1) is 11.8 Å². The summed E-state index contributed by atoms with van der Waals surface area (Å²) in [4.78, 5) is 41.9. The number of ether oxygens (including phenoxy) is 5. The van der Waals surface area contributed by atoms with E-state index in [-0.39, 0.29) is 59.4 Å². The third-order valence-corrected chi connectivity index (χ3v) is 9.88. The summed E-state index contributed by atoms with van der Waals surface area (Å²) in [6.07, 6.45) is 1.93. The smallest absolute Gasteiger partial charge is 0.286 e. The Bertz CT molecular complexity index is 1490. The molecule has 3 heterocycles. The summed E-state index contributed by atoms with van der Waals surface area (Å²) < 4.78 is 28.8. The molecule has 0 aliphatic carbocycles. The van der Waals surface area contributed by atoms with Gasteiger partial charge in [-0.2, -0.15) is 0 Å². The maximum absolute atomic E-state index is 13.7. The third-order valence-electron chi connectivity index (χ3n) is 8.76. The summed E-state index contributed by atoms with van der Waals surface area (Å²) in [6, 6.07) is 5.70. The van der Waals surface area contributed by atoms with Crippen LogP contribution in [-0.2, 0) is 4.74 Å². The summed E-state index contributed by atoms with van der Waals surface area (Å²) in [5, 5.41) is 25.5. The van der Waals surface area contributed by atoms with Crippen LogP contribution in [0.3, 0.4) is 0 Å². The number of hydrogen-bond acceptors (Lipinski definition) is 12. The molecule has 0 spiro atoms.